The Morgan fingerprint density at radius 3 is 2.58 bits per heavy atom. The van der Waals surface area contributed by atoms with Gasteiger partial charge in [-0.05, 0) is 54.2 Å². The molecule has 124 valence electrons. The van der Waals surface area contributed by atoms with Crippen molar-refractivity contribution in [3.05, 3.63) is 59.9 Å². The zero-order valence-electron chi connectivity index (χ0n) is 13.8. The van der Waals surface area contributed by atoms with Gasteiger partial charge in [0.2, 0.25) is 5.91 Å². The molecule has 2 aliphatic rings. The number of carbonyl (C=O) groups is 1. The van der Waals surface area contributed by atoms with Crippen LogP contribution in [0, 0.1) is 5.82 Å². The Morgan fingerprint density at radius 2 is 1.88 bits per heavy atom. The Hall–Kier alpha value is -2.20. The fourth-order valence-electron chi connectivity index (χ4n) is 4.02. The van der Waals surface area contributed by atoms with Crippen LogP contribution >= 0.6 is 0 Å². The summed E-state index contributed by atoms with van der Waals surface area (Å²) in [7, 11) is 1.87. The van der Waals surface area contributed by atoms with Gasteiger partial charge in [0.05, 0.1) is 0 Å². The molecule has 24 heavy (non-hydrogen) atoms. The SMILES string of the molecule is CN1CC[C@]2(CC[C@@H](c3cccc(-c4cccc(F)c4)c3)N2)C1=O. The Balaban J connectivity index is 1.60. The number of carbonyl (C=O) groups excluding carboxylic acids is 1. The predicted octanol–water partition coefficient (Wildman–Crippen LogP) is 3.52. The number of hydrogen-bond donors (Lipinski definition) is 1. The topological polar surface area (TPSA) is 32.3 Å². The van der Waals surface area contributed by atoms with Gasteiger partial charge in [0.25, 0.3) is 0 Å². The molecule has 4 heteroatoms. The molecular formula is C20H21FN2O. The van der Waals surface area contributed by atoms with E-state index in [0.717, 1.165) is 42.5 Å². The zero-order valence-corrected chi connectivity index (χ0v) is 13.8. The van der Waals surface area contributed by atoms with Gasteiger partial charge in [-0.15, -0.1) is 0 Å². The van der Waals surface area contributed by atoms with Crippen molar-refractivity contribution in [2.75, 3.05) is 13.6 Å². The van der Waals surface area contributed by atoms with E-state index in [-0.39, 0.29) is 23.3 Å². The highest BCUT2D eigenvalue weighted by molar-refractivity contribution is 5.88. The van der Waals surface area contributed by atoms with Crippen LogP contribution in [-0.4, -0.2) is 29.9 Å². The fraction of sp³-hybridized carbons (Fsp3) is 0.350. The quantitative estimate of drug-likeness (QED) is 0.917. The monoisotopic (exact) mass is 324 g/mol. The largest absolute Gasteiger partial charge is 0.344 e. The molecule has 3 nitrogen and oxygen atoms in total. The number of benzene rings is 2. The number of nitrogens with one attached hydrogen (secondary N) is 1. The van der Waals surface area contributed by atoms with E-state index >= 15 is 0 Å². The summed E-state index contributed by atoms with van der Waals surface area (Å²) in [4.78, 5) is 14.3. The van der Waals surface area contributed by atoms with Crippen molar-refractivity contribution in [1.82, 2.24) is 10.2 Å². The molecule has 2 atom stereocenters. The first kappa shape index (κ1) is 15.3. The number of halogens is 1. The molecule has 0 unspecified atom stereocenters. The third-order valence-electron chi connectivity index (χ3n) is 5.39. The molecule has 0 aliphatic carbocycles. The molecule has 1 N–H and O–H groups in total. The lowest BCUT2D eigenvalue weighted by molar-refractivity contribution is -0.131. The van der Waals surface area contributed by atoms with E-state index in [4.69, 9.17) is 0 Å². The van der Waals surface area contributed by atoms with E-state index in [2.05, 4.69) is 17.4 Å². The molecule has 0 aromatic heterocycles. The highest BCUT2D eigenvalue weighted by Gasteiger charge is 2.49. The van der Waals surface area contributed by atoms with Crippen LogP contribution in [0.5, 0.6) is 0 Å². The predicted molar refractivity (Wildman–Crippen MR) is 91.9 cm³/mol. The third-order valence-corrected chi connectivity index (χ3v) is 5.39. The van der Waals surface area contributed by atoms with Crippen molar-refractivity contribution in [3.63, 3.8) is 0 Å². The maximum absolute atomic E-state index is 13.5. The van der Waals surface area contributed by atoms with Crippen molar-refractivity contribution in [3.8, 4) is 11.1 Å². The Kier molecular flexibility index (Phi) is 3.65. The van der Waals surface area contributed by atoms with Gasteiger partial charge in [-0.1, -0.05) is 30.3 Å². The summed E-state index contributed by atoms with van der Waals surface area (Å²) in [6.07, 6.45) is 2.71. The van der Waals surface area contributed by atoms with Gasteiger partial charge in [-0.2, -0.15) is 0 Å². The van der Waals surface area contributed by atoms with Crippen LogP contribution in [0.4, 0.5) is 4.39 Å². The smallest absolute Gasteiger partial charge is 0.242 e. The first-order valence-corrected chi connectivity index (χ1v) is 8.47. The van der Waals surface area contributed by atoms with Crippen LogP contribution in [0.1, 0.15) is 30.9 Å². The molecule has 2 fully saturated rings. The van der Waals surface area contributed by atoms with E-state index in [1.165, 1.54) is 6.07 Å². The molecule has 0 bridgehead atoms. The summed E-state index contributed by atoms with van der Waals surface area (Å²) >= 11 is 0. The lowest BCUT2D eigenvalue weighted by Gasteiger charge is -2.23. The number of amides is 1. The molecule has 0 radical (unpaired) electrons. The van der Waals surface area contributed by atoms with Crippen molar-refractivity contribution in [2.45, 2.75) is 30.8 Å². The molecule has 2 saturated heterocycles. The molecule has 2 aromatic carbocycles. The van der Waals surface area contributed by atoms with Gasteiger partial charge in [-0.3, -0.25) is 10.1 Å². The van der Waals surface area contributed by atoms with Crippen molar-refractivity contribution in [1.29, 1.82) is 0 Å². The number of nitrogens with zero attached hydrogens (tertiary/aromatic N) is 1. The number of likely N-dealkylation sites (N-methyl/N-ethyl adjacent to an activating group) is 1. The standard InChI is InChI=1S/C20H21FN2O/c1-23-11-10-20(19(23)24)9-8-18(22-20)16-6-2-4-14(12-16)15-5-3-7-17(21)13-15/h2-7,12-13,18,22H,8-11H2,1H3/t18-,20+/m0/s1. The second-order valence-corrected chi connectivity index (χ2v) is 6.93. The second-order valence-electron chi connectivity index (χ2n) is 6.93. The number of likely N-dealkylation sites (tertiary alicyclic amines) is 1. The third kappa shape index (κ3) is 2.51. The second kappa shape index (κ2) is 5.71. The highest BCUT2D eigenvalue weighted by Crippen LogP contribution is 2.39. The van der Waals surface area contributed by atoms with Crippen LogP contribution in [0.3, 0.4) is 0 Å². The average molecular weight is 324 g/mol. The van der Waals surface area contributed by atoms with Crippen molar-refractivity contribution < 1.29 is 9.18 Å². The van der Waals surface area contributed by atoms with Gasteiger partial charge in [-0.25, -0.2) is 4.39 Å². The normalized spacial score (nSPS) is 26.5. The van der Waals surface area contributed by atoms with Crippen molar-refractivity contribution in [2.24, 2.45) is 0 Å². The first-order chi connectivity index (χ1) is 11.6. The van der Waals surface area contributed by atoms with Gasteiger partial charge in [0.1, 0.15) is 11.4 Å². The van der Waals surface area contributed by atoms with Gasteiger partial charge in [0, 0.05) is 19.6 Å². The van der Waals surface area contributed by atoms with E-state index < -0.39 is 0 Å². The summed E-state index contributed by atoms with van der Waals surface area (Å²) in [5, 5.41) is 3.59. The van der Waals surface area contributed by atoms with Gasteiger partial charge in [0.15, 0.2) is 0 Å². The van der Waals surface area contributed by atoms with Gasteiger partial charge < -0.3 is 4.90 Å². The van der Waals surface area contributed by atoms with Crippen molar-refractivity contribution >= 4 is 5.91 Å². The summed E-state index contributed by atoms with van der Waals surface area (Å²) in [5.74, 6) is -0.0123. The Labute approximate surface area is 141 Å². The molecule has 1 amide bonds. The summed E-state index contributed by atoms with van der Waals surface area (Å²) < 4.78 is 13.5. The van der Waals surface area contributed by atoms with Crippen LogP contribution in [0.2, 0.25) is 0 Å². The van der Waals surface area contributed by atoms with Crippen LogP contribution < -0.4 is 5.32 Å². The lowest BCUT2D eigenvalue weighted by Crippen LogP contribution is -2.47. The van der Waals surface area contributed by atoms with E-state index in [1.54, 1.807) is 12.1 Å². The van der Waals surface area contributed by atoms with Gasteiger partial charge >= 0.3 is 0 Å². The highest BCUT2D eigenvalue weighted by atomic mass is 19.1. The molecular weight excluding hydrogens is 303 g/mol. The minimum absolute atomic E-state index is 0.175. The first-order valence-electron chi connectivity index (χ1n) is 8.47. The maximum atomic E-state index is 13.5. The fourth-order valence-corrected chi connectivity index (χ4v) is 4.02. The van der Waals surface area contributed by atoms with Crippen LogP contribution in [0.15, 0.2) is 48.5 Å². The molecule has 4 rings (SSSR count). The van der Waals surface area contributed by atoms with E-state index in [0.29, 0.717) is 0 Å². The Morgan fingerprint density at radius 1 is 1.12 bits per heavy atom. The number of hydrogen-bond acceptors (Lipinski definition) is 2. The zero-order chi connectivity index (χ0) is 16.7. The number of rotatable bonds is 2. The molecule has 0 saturated carbocycles. The molecule has 2 aromatic rings. The van der Waals surface area contributed by atoms with Crippen LogP contribution in [0.25, 0.3) is 11.1 Å². The minimum atomic E-state index is -0.381. The summed E-state index contributed by atoms with van der Waals surface area (Å²) in [5.41, 5.74) is 2.66. The maximum Gasteiger partial charge on any atom is 0.242 e. The van der Waals surface area contributed by atoms with E-state index in [1.807, 2.05) is 30.1 Å². The van der Waals surface area contributed by atoms with E-state index in [9.17, 15) is 9.18 Å². The summed E-state index contributed by atoms with van der Waals surface area (Å²) in [6, 6.07) is 15.0. The molecule has 1 spiro atoms. The average Bonchev–Trinajstić information content (AvgIpc) is 3.15. The lowest BCUT2D eigenvalue weighted by atomic mass is 9.95. The molecule has 2 aliphatic heterocycles. The summed E-state index contributed by atoms with van der Waals surface area (Å²) in [6.45, 7) is 0.821. The minimum Gasteiger partial charge on any atom is -0.344 e. The Bertz CT molecular complexity index is 791. The molecule has 2 heterocycles. The van der Waals surface area contributed by atoms with Crippen LogP contribution in [-0.2, 0) is 4.79 Å².